The molecule has 17 heavy (non-hydrogen) atoms. The van der Waals surface area contributed by atoms with Crippen LogP contribution in [0.15, 0.2) is 18.2 Å². The van der Waals surface area contributed by atoms with E-state index in [-0.39, 0.29) is 0 Å². The van der Waals surface area contributed by atoms with Gasteiger partial charge in [0, 0.05) is 12.1 Å². The number of benzene rings is 1. The van der Waals surface area contributed by atoms with Gasteiger partial charge in [0.15, 0.2) is 6.10 Å². The van der Waals surface area contributed by atoms with Gasteiger partial charge in [0.25, 0.3) is 0 Å². The number of ether oxygens (including phenoxy) is 1. The van der Waals surface area contributed by atoms with E-state index in [4.69, 9.17) is 21.6 Å². The quantitative estimate of drug-likeness (QED) is 0.846. The van der Waals surface area contributed by atoms with Crippen molar-refractivity contribution < 1.29 is 4.74 Å². The summed E-state index contributed by atoms with van der Waals surface area (Å²) in [4.78, 5) is 0. The molecule has 0 bridgehead atoms. The molecule has 1 atom stereocenters. The first-order valence-electron chi connectivity index (χ1n) is 5.77. The molecule has 1 unspecified atom stereocenters. The summed E-state index contributed by atoms with van der Waals surface area (Å²) in [6.45, 7) is 5.51. The summed E-state index contributed by atoms with van der Waals surface area (Å²) in [6.07, 6.45) is 0.192. The van der Waals surface area contributed by atoms with Gasteiger partial charge in [-0.05, 0) is 19.0 Å². The first-order chi connectivity index (χ1) is 8.22. The second-order valence-corrected chi connectivity index (χ2v) is 4.06. The molecule has 0 aliphatic heterocycles. The summed E-state index contributed by atoms with van der Waals surface area (Å²) < 4.78 is 5.64. The van der Waals surface area contributed by atoms with Crippen LogP contribution in [0.25, 0.3) is 0 Å². The van der Waals surface area contributed by atoms with Gasteiger partial charge >= 0.3 is 0 Å². The first kappa shape index (κ1) is 13.8. The average molecular weight is 253 g/mol. The standard InChI is InChI=1S/C13H17ClN2O/c1-3-11(8-15)17-13-10(9-16-4-2)6-5-7-12(13)14/h5-7,11,16H,3-4,9H2,1-2H3. The minimum absolute atomic E-state index is 0.449. The van der Waals surface area contributed by atoms with E-state index in [1.165, 1.54) is 0 Å². The van der Waals surface area contributed by atoms with Crippen molar-refractivity contribution in [1.82, 2.24) is 5.32 Å². The summed E-state index contributed by atoms with van der Waals surface area (Å²) in [5.74, 6) is 0.614. The predicted molar refractivity (Wildman–Crippen MR) is 69.2 cm³/mol. The van der Waals surface area contributed by atoms with Crippen molar-refractivity contribution in [3.8, 4) is 11.8 Å². The molecule has 0 radical (unpaired) electrons. The molecule has 92 valence electrons. The Morgan fingerprint density at radius 2 is 2.24 bits per heavy atom. The zero-order chi connectivity index (χ0) is 12.7. The molecule has 0 fully saturated rings. The van der Waals surface area contributed by atoms with E-state index in [0.29, 0.717) is 23.7 Å². The highest BCUT2D eigenvalue weighted by Gasteiger charge is 2.13. The normalized spacial score (nSPS) is 11.9. The van der Waals surface area contributed by atoms with Gasteiger partial charge in [0.1, 0.15) is 11.8 Å². The highest BCUT2D eigenvalue weighted by atomic mass is 35.5. The fraction of sp³-hybridized carbons (Fsp3) is 0.462. The Morgan fingerprint density at radius 1 is 1.47 bits per heavy atom. The Kier molecular flexibility index (Phi) is 5.82. The van der Waals surface area contributed by atoms with Crippen LogP contribution in [0.1, 0.15) is 25.8 Å². The number of nitriles is 1. The molecule has 4 heteroatoms. The molecule has 0 saturated carbocycles. The summed E-state index contributed by atoms with van der Waals surface area (Å²) in [7, 11) is 0. The first-order valence-corrected chi connectivity index (χ1v) is 6.15. The second kappa shape index (κ2) is 7.16. The van der Waals surface area contributed by atoms with E-state index >= 15 is 0 Å². The van der Waals surface area contributed by atoms with Crippen molar-refractivity contribution in [2.45, 2.75) is 32.9 Å². The number of hydrogen-bond donors (Lipinski definition) is 1. The third kappa shape index (κ3) is 3.92. The molecule has 0 saturated heterocycles. The van der Waals surface area contributed by atoms with E-state index < -0.39 is 6.10 Å². The smallest absolute Gasteiger partial charge is 0.184 e. The highest BCUT2D eigenvalue weighted by Crippen LogP contribution is 2.29. The lowest BCUT2D eigenvalue weighted by Gasteiger charge is -2.16. The van der Waals surface area contributed by atoms with Gasteiger partial charge in [-0.2, -0.15) is 5.26 Å². The molecule has 0 amide bonds. The van der Waals surface area contributed by atoms with Crippen molar-refractivity contribution in [3.63, 3.8) is 0 Å². The fourth-order valence-electron chi connectivity index (χ4n) is 1.43. The Morgan fingerprint density at radius 3 is 2.82 bits per heavy atom. The topological polar surface area (TPSA) is 45.0 Å². The van der Waals surface area contributed by atoms with Gasteiger partial charge in [0.2, 0.25) is 0 Å². The molecule has 0 aliphatic carbocycles. The van der Waals surface area contributed by atoms with E-state index in [0.717, 1.165) is 12.1 Å². The van der Waals surface area contributed by atoms with Crippen molar-refractivity contribution in [1.29, 1.82) is 5.26 Å². The third-order valence-corrected chi connectivity index (χ3v) is 2.69. The van der Waals surface area contributed by atoms with Crippen molar-refractivity contribution in [3.05, 3.63) is 28.8 Å². The van der Waals surface area contributed by atoms with Crippen LogP contribution < -0.4 is 10.1 Å². The Hall–Kier alpha value is -1.24. The molecular formula is C13H17ClN2O. The number of hydrogen-bond acceptors (Lipinski definition) is 3. The number of rotatable bonds is 6. The van der Waals surface area contributed by atoms with Crippen molar-refractivity contribution in [2.24, 2.45) is 0 Å². The van der Waals surface area contributed by atoms with Crippen LogP contribution in [0.3, 0.4) is 0 Å². The molecule has 0 aliphatic rings. The molecule has 0 heterocycles. The van der Waals surface area contributed by atoms with Crippen LogP contribution in [0.2, 0.25) is 5.02 Å². The number of halogens is 1. The van der Waals surface area contributed by atoms with E-state index in [9.17, 15) is 0 Å². The zero-order valence-electron chi connectivity index (χ0n) is 10.2. The van der Waals surface area contributed by atoms with Crippen molar-refractivity contribution >= 4 is 11.6 Å². The maximum absolute atomic E-state index is 8.91. The number of para-hydroxylation sites is 1. The molecule has 0 spiro atoms. The van der Waals surface area contributed by atoms with E-state index in [1.54, 1.807) is 6.07 Å². The SMILES string of the molecule is CCNCc1cccc(Cl)c1OC(C#N)CC. The van der Waals surface area contributed by atoms with Crippen LogP contribution in [0, 0.1) is 11.3 Å². The Bertz CT molecular complexity index is 401. The van der Waals surface area contributed by atoms with Crippen LogP contribution in [0.4, 0.5) is 0 Å². The van der Waals surface area contributed by atoms with Gasteiger partial charge < -0.3 is 10.1 Å². The molecule has 0 aromatic heterocycles. The maximum atomic E-state index is 8.91. The lowest BCUT2D eigenvalue weighted by atomic mass is 10.2. The van der Waals surface area contributed by atoms with E-state index in [1.807, 2.05) is 26.0 Å². The van der Waals surface area contributed by atoms with Gasteiger partial charge in [-0.15, -0.1) is 0 Å². The van der Waals surface area contributed by atoms with Gasteiger partial charge in [-0.25, -0.2) is 0 Å². The summed E-state index contributed by atoms with van der Waals surface area (Å²) >= 11 is 6.10. The largest absolute Gasteiger partial charge is 0.474 e. The molecule has 1 rings (SSSR count). The minimum atomic E-state index is -0.449. The van der Waals surface area contributed by atoms with E-state index in [2.05, 4.69) is 11.4 Å². The Balaban J connectivity index is 2.91. The Labute approximate surface area is 107 Å². The minimum Gasteiger partial charge on any atom is -0.474 e. The molecule has 1 N–H and O–H groups in total. The number of nitrogens with zero attached hydrogens (tertiary/aromatic N) is 1. The predicted octanol–water partition coefficient (Wildman–Crippen LogP) is 3.13. The lowest BCUT2D eigenvalue weighted by Crippen LogP contribution is -2.17. The molecule has 1 aromatic carbocycles. The lowest BCUT2D eigenvalue weighted by molar-refractivity contribution is 0.249. The monoisotopic (exact) mass is 252 g/mol. The fourth-order valence-corrected chi connectivity index (χ4v) is 1.67. The number of nitrogens with one attached hydrogen (secondary N) is 1. The van der Waals surface area contributed by atoms with Crippen LogP contribution in [0.5, 0.6) is 5.75 Å². The summed E-state index contributed by atoms with van der Waals surface area (Å²) in [5, 5.41) is 12.7. The average Bonchev–Trinajstić information content (AvgIpc) is 2.35. The molecule has 3 nitrogen and oxygen atoms in total. The molecular weight excluding hydrogens is 236 g/mol. The summed E-state index contributed by atoms with van der Waals surface area (Å²) in [5.41, 5.74) is 0.980. The zero-order valence-corrected chi connectivity index (χ0v) is 10.9. The van der Waals surface area contributed by atoms with Gasteiger partial charge in [-0.1, -0.05) is 37.6 Å². The highest BCUT2D eigenvalue weighted by molar-refractivity contribution is 6.32. The van der Waals surface area contributed by atoms with Crippen molar-refractivity contribution in [2.75, 3.05) is 6.54 Å². The van der Waals surface area contributed by atoms with Crippen LogP contribution >= 0.6 is 11.6 Å². The maximum Gasteiger partial charge on any atom is 0.184 e. The summed E-state index contributed by atoms with van der Waals surface area (Å²) in [6, 6.07) is 7.72. The molecule has 1 aromatic rings. The van der Waals surface area contributed by atoms with Crippen LogP contribution in [-0.4, -0.2) is 12.6 Å². The van der Waals surface area contributed by atoms with Gasteiger partial charge in [0.05, 0.1) is 5.02 Å². The van der Waals surface area contributed by atoms with Crippen LogP contribution in [-0.2, 0) is 6.54 Å². The van der Waals surface area contributed by atoms with Gasteiger partial charge in [-0.3, -0.25) is 0 Å². The third-order valence-electron chi connectivity index (χ3n) is 2.39. The second-order valence-electron chi connectivity index (χ2n) is 3.65.